The fraction of sp³-hybridized carbons (Fsp3) is 0.375. The summed E-state index contributed by atoms with van der Waals surface area (Å²) in [5.74, 6) is 1.02. The van der Waals surface area contributed by atoms with Crippen molar-refractivity contribution in [2.75, 3.05) is 0 Å². The van der Waals surface area contributed by atoms with E-state index in [4.69, 9.17) is 0 Å². The van der Waals surface area contributed by atoms with E-state index in [1.165, 1.54) is 16.8 Å². The Labute approximate surface area is 109 Å². The molecule has 2 aromatic heterocycles. The van der Waals surface area contributed by atoms with Crippen LogP contribution >= 0.6 is 0 Å². The van der Waals surface area contributed by atoms with Crippen LogP contribution in [0.3, 0.4) is 0 Å². The molecule has 0 saturated carbocycles. The molecule has 0 aliphatic carbocycles. The molecule has 0 N–H and O–H groups in total. The van der Waals surface area contributed by atoms with E-state index in [0.717, 1.165) is 0 Å². The Morgan fingerprint density at radius 3 is 2.50 bits per heavy atom. The van der Waals surface area contributed by atoms with Crippen molar-refractivity contribution in [1.82, 2.24) is 4.98 Å². The largest absolute Gasteiger partial charge is 0.264 e. The van der Waals surface area contributed by atoms with Gasteiger partial charge in [-0.25, -0.2) is 0 Å². The molecule has 0 fully saturated rings. The first-order valence-electron chi connectivity index (χ1n) is 6.55. The lowest BCUT2D eigenvalue weighted by Gasteiger charge is -2.08. The van der Waals surface area contributed by atoms with Crippen molar-refractivity contribution in [1.29, 1.82) is 0 Å². The monoisotopic (exact) mass is 241 g/mol. The third kappa shape index (κ3) is 2.58. The molecule has 0 bridgehead atoms. The van der Waals surface area contributed by atoms with Gasteiger partial charge in [-0.15, -0.1) is 0 Å². The van der Waals surface area contributed by atoms with Crippen LogP contribution < -0.4 is 4.57 Å². The van der Waals surface area contributed by atoms with Gasteiger partial charge in [-0.05, 0) is 17.9 Å². The average Bonchev–Trinajstić information content (AvgIpc) is 2.39. The zero-order valence-corrected chi connectivity index (χ0v) is 11.6. The Morgan fingerprint density at radius 1 is 1.06 bits per heavy atom. The molecule has 0 aromatic carbocycles. The fourth-order valence-electron chi connectivity index (χ4n) is 2.06. The van der Waals surface area contributed by atoms with E-state index in [1.54, 1.807) is 0 Å². The normalized spacial score (nSPS) is 11.2. The molecule has 0 saturated heterocycles. The summed E-state index contributed by atoms with van der Waals surface area (Å²) in [6.07, 6.45) is 8.14. The molecule has 2 nitrogen and oxygen atoms in total. The van der Waals surface area contributed by atoms with E-state index in [-0.39, 0.29) is 0 Å². The number of nitrogens with zero attached hydrogens (tertiary/aromatic N) is 2. The van der Waals surface area contributed by atoms with Crippen LogP contribution in [0.1, 0.15) is 50.7 Å². The van der Waals surface area contributed by atoms with Gasteiger partial charge in [0.2, 0.25) is 5.69 Å². The maximum absolute atomic E-state index is 4.24. The molecular formula is C16H21N2+. The first-order valence-corrected chi connectivity index (χ1v) is 6.55. The molecule has 2 aromatic rings. The summed E-state index contributed by atoms with van der Waals surface area (Å²) >= 11 is 0. The molecule has 0 atom stereocenters. The van der Waals surface area contributed by atoms with Crippen LogP contribution in [0, 0.1) is 0 Å². The molecule has 0 aliphatic rings. The topological polar surface area (TPSA) is 16.8 Å². The molecule has 18 heavy (non-hydrogen) atoms. The average molecular weight is 241 g/mol. The summed E-state index contributed by atoms with van der Waals surface area (Å²) in [4.78, 5) is 4.24. The minimum absolute atomic E-state index is 0.476. The minimum atomic E-state index is 0.476. The van der Waals surface area contributed by atoms with Crippen molar-refractivity contribution >= 4 is 0 Å². The van der Waals surface area contributed by atoms with E-state index in [9.17, 15) is 0 Å². The minimum Gasteiger partial charge on any atom is -0.264 e. The molecular weight excluding hydrogens is 220 g/mol. The lowest BCUT2D eigenvalue weighted by atomic mass is 10.0. The number of hydrogen-bond donors (Lipinski definition) is 0. The van der Waals surface area contributed by atoms with Crippen molar-refractivity contribution in [3.8, 4) is 5.69 Å². The van der Waals surface area contributed by atoms with Crippen LogP contribution in [-0.2, 0) is 0 Å². The molecule has 94 valence electrons. The second-order valence-electron chi connectivity index (χ2n) is 5.29. The third-order valence-corrected chi connectivity index (χ3v) is 3.22. The molecule has 2 heteroatoms. The van der Waals surface area contributed by atoms with Gasteiger partial charge in [0.05, 0.1) is 0 Å². The van der Waals surface area contributed by atoms with Gasteiger partial charge < -0.3 is 0 Å². The van der Waals surface area contributed by atoms with E-state index in [2.05, 4.69) is 67.8 Å². The lowest BCUT2D eigenvalue weighted by molar-refractivity contribution is -0.596. The van der Waals surface area contributed by atoms with E-state index in [1.807, 2.05) is 12.4 Å². The maximum atomic E-state index is 4.24. The van der Waals surface area contributed by atoms with Crippen molar-refractivity contribution in [3.63, 3.8) is 0 Å². The molecule has 0 spiro atoms. The van der Waals surface area contributed by atoms with E-state index < -0.39 is 0 Å². The quantitative estimate of drug-likeness (QED) is 0.750. The zero-order chi connectivity index (χ0) is 13.1. The summed E-state index contributed by atoms with van der Waals surface area (Å²) in [5, 5.41) is 0. The number of aromatic nitrogens is 2. The Bertz CT molecular complexity index is 530. The second-order valence-corrected chi connectivity index (χ2v) is 5.29. The number of hydrogen-bond acceptors (Lipinski definition) is 1. The zero-order valence-electron chi connectivity index (χ0n) is 11.6. The Hall–Kier alpha value is -1.70. The van der Waals surface area contributed by atoms with Gasteiger partial charge >= 0.3 is 0 Å². The van der Waals surface area contributed by atoms with Crippen molar-refractivity contribution in [3.05, 3.63) is 54.1 Å². The van der Waals surface area contributed by atoms with Crippen LogP contribution in [0.4, 0.5) is 0 Å². The van der Waals surface area contributed by atoms with Gasteiger partial charge in [0.25, 0.3) is 0 Å². The van der Waals surface area contributed by atoms with Gasteiger partial charge in [-0.2, -0.15) is 4.57 Å². The predicted octanol–water partition coefficient (Wildman–Crippen LogP) is 3.61. The Kier molecular flexibility index (Phi) is 3.75. The first kappa shape index (κ1) is 12.7. The highest BCUT2D eigenvalue weighted by Crippen LogP contribution is 2.18. The first-order chi connectivity index (χ1) is 8.59. The summed E-state index contributed by atoms with van der Waals surface area (Å²) < 4.78 is 2.20. The van der Waals surface area contributed by atoms with Crippen LogP contribution in [0.25, 0.3) is 5.69 Å². The van der Waals surface area contributed by atoms with Crippen LogP contribution in [0.5, 0.6) is 0 Å². The molecule has 0 aliphatic heterocycles. The fourth-order valence-corrected chi connectivity index (χ4v) is 2.06. The SMILES string of the molecule is CC(C)c1ccc[n+](-c2ccncc2C(C)C)c1. The number of pyridine rings is 2. The standard InChI is InChI=1S/C16H21N2/c1-12(2)14-6-5-9-18(11-14)16-7-8-17-10-15(16)13(3)4/h5-13H,1-4H3/q+1. The van der Waals surface area contributed by atoms with E-state index >= 15 is 0 Å². The van der Waals surface area contributed by atoms with Gasteiger partial charge in [0.1, 0.15) is 0 Å². The van der Waals surface area contributed by atoms with Crippen molar-refractivity contribution in [2.24, 2.45) is 0 Å². The van der Waals surface area contributed by atoms with Crippen LogP contribution in [-0.4, -0.2) is 4.98 Å². The summed E-state index contributed by atoms with van der Waals surface area (Å²) in [6.45, 7) is 8.84. The Morgan fingerprint density at radius 2 is 1.83 bits per heavy atom. The highest BCUT2D eigenvalue weighted by molar-refractivity contribution is 5.33. The molecule has 0 amide bonds. The van der Waals surface area contributed by atoms with Gasteiger partial charge in [-0.3, -0.25) is 4.98 Å². The molecule has 2 heterocycles. The van der Waals surface area contributed by atoms with Crippen LogP contribution in [0.15, 0.2) is 43.0 Å². The van der Waals surface area contributed by atoms with Gasteiger partial charge in [-0.1, -0.05) is 27.7 Å². The van der Waals surface area contributed by atoms with E-state index in [0.29, 0.717) is 11.8 Å². The summed E-state index contributed by atoms with van der Waals surface area (Å²) in [5.41, 5.74) is 3.86. The van der Waals surface area contributed by atoms with Crippen LogP contribution in [0.2, 0.25) is 0 Å². The number of rotatable bonds is 3. The van der Waals surface area contributed by atoms with Gasteiger partial charge in [0, 0.05) is 35.7 Å². The molecule has 2 rings (SSSR count). The second kappa shape index (κ2) is 5.30. The lowest BCUT2D eigenvalue weighted by Crippen LogP contribution is -2.32. The smallest absolute Gasteiger partial charge is 0.217 e. The summed E-state index contributed by atoms with van der Waals surface area (Å²) in [6, 6.07) is 6.37. The predicted molar refractivity (Wildman–Crippen MR) is 73.9 cm³/mol. The van der Waals surface area contributed by atoms with Crippen molar-refractivity contribution < 1.29 is 4.57 Å². The Balaban J connectivity index is 2.52. The molecule has 0 unspecified atom stereocenters. The molecule has 0 radical (unpaired) electrons. The highest BCUT2D eigenvalue weighted by Gasteiger charge is 2.16. The van der Waals surface area contributed by atoms with Gasteiger partial charge in [0.15, 0.2) is 12.4 Å². The van der Waals surface area contributed by atoms with Crippen molar-refractivity contribution in [2.45, 2.75) is 39.5 Å². The third-order valence-electron chi connectivity index (χ3n) is 3.22. The summed E-state index contributed by atoms with van der Waals surface area (Å²) in [7, 11) is 0. The highest BCUT2D eigenvalue weighted by atomic mass is 14.9. The maximum Gasteiger partial charge on any atom is 0.217 e.